The Kier molecular flexibility index (Phi) is 7.66. The first-order valence-corrected chi connectivity index (χ1v) is 13.5. The Morgan fingerprint density at radius 3 is 2.09 bits per heavy atom. The summed E-state index contributed by atoms with van der Waals surface area (Å²) in [5, 5.41) is 10.7. The van der Waals surface area contributed by atoms with Gasteiger partial charge < -0.3 is 9.47 Å². The molecule has 2 aliphatic rings. The molecule has 0 aliphatic carbocycles. The van der Waals surface area contributed by atoms with E-state index in [4.69, 9.17) is 9.47 Å². The van der Waals surface area contributed by atoms with Gasteiger partial charge in [0.1, 0.15) is 19.0 Å². The maximum absolute atomic E-state index is 13.2. The predicted octanol–water partition coefficient (Wildman–Crippen LogP) is 5.92. The van der Waals surface area contributed by atoms with Crippen LogP contribution in [0.5, 0.6) is 0 Å². The molecule has 34 heavy (non-hydrogen) atoms. The minimum absolute atomic E-state index is 0.216. The van der Waals surface area contributed by atoms with E-state index in [1.807, 2.05) is 9.36 Å². The second-order valence-corrected chi connectivity index (χ2v) is 10.6. The second kappa shape index (κ2) is 10.7. The molecule has 4 heterocycles. The Labute approximate surface area is 223 Å². The Hall–Kier alpha value is -1.38. The molecule has 6 nitrogen and oxygen atoms in total. The van der Waals surface area contributed by atoms with Gasteiger partial charge in [0, 0.05) is 24.0 Å². The number of nitrogens with zero attached hydrogens (tertiary/aromatic N) is 4. The van der Waals surface area contributed by atoms with Gasteiger partial charge in [-0.1, -0.05) is 0 Å². The highest BCUT2D eigenvalue weighted by Gasteiger charge is 2.20. The van der Waals surface area contributed by atoms with Crippen molar-refractivity contribution in [3.05, 3.63) is 55.4 Å². The lowest BCUT2D eigenvalue weighted by molar-refractivity contribution is 0.0935. The van der Waals surface area contributed by atoms with Crippen molar-refractivity contribution in [1.82, 2.24) is 19.6 Å². The zero-order valence-corrected chi connectivity index (χ0v) is 22.7. The molecule has 2 unspecified atom stereocenters. The third-order valence-corrected chi connectivity index (χ3v) is 8.04. The molecule has 0 radical (unpaired) electrons. The van der Waals surface area contributed by atoms with E-state index in [1.165, 1.54) is 24.3 Å². The van der Waals surface area contributed by atoms with Gasteiger partial charge in [0.15, 0.2) is 0 Å². The monoisotopic (exact) mass is 692 g/mol. The molecule has 2 aliphatic heterocycles. The molecule has 0 bridgehead atoms. The molecule has 0 saturated carbocycles. The standard InChI is InChI=1S/2C12H12FIN2O/c13-8-3-4-11-10(6-8)12(14)15-16(11)7-9-2-1-5-17-9;13-8-3-4-11-10(6-8)12(14)16(15-11)7-9-2-1-5-17-9/h2*3-4,6,9H,1-2,5,7H2. The fraction of sp³-hybridized carbons (Fsp3) is 0.417. The highest BCUT2D eigenvalue weighted by atomic mass is 127. The number of ether oxygens (including phenoxy) is 2. The molecule has 180 valence electrons. The number of rotatable bonds is 4. The van der Waals surface area contributed by atoms with Gasteiger partial charge in [-0.2, -0.15) is 10.2 Å². The van der Waals surface area contributed by atoms with Crippen LogP contribution in [0.3, 0.4) is 0 Å². The summed E-state index contributed by atoms with van der Waals surface area (Å²) in [5.74, 6) is -0.431. The lowest BCUT2D eigenvalue weighted by Crippen LogP contribution is -2.16. The van der Waals surface area contributed by atoms with Gasteiger partial charge in [-0.15, -0.1) is 0 Å². The molecule has 2 aromatic carbocycles. The first kappa shape index (κ1) is 24.3. The molecule has 2 atom stereocenters. The van der Waals surface area contributed by atoms with E-state index in [1.54, 1.807) is 12.1 Å². The fourth-order valence-electron chi connectivity index (χ4n) is 4.41. The van der Waals surface area contributed by atoms with Crippen LogP contribution in [0.1, 0.15) is 25.7 Å². The van der Waals surface area contributed by atoms with Crippen molar-refractivity contribution in [2.75, 3.05) is 13.2 Å². The van der Waals surface area contributed by atoms with E-state index in [0.29, 0.717) is 0 Å². The molecule has 2 aromatic heterocycles. The zero-order valence-electron chi connectivity index (χ0n) is 18.4. The molecule has 2 fully saturated rings. The van der Waals surface area contributed by atoms with E-state index in [9.17, 15) is 8.78 Å². The van der Waals surface area contributed by atoms with Gasteiger partial charge in [0.25, 0.3) is 0 Å². The predicted molar refractivity (Wildman–Crippen MR) is 143 cm³/mol. The summed E-state index contributed by atoms with van der Waals surface area (Å²) in [6.45, 7) is 3.20. The quantitative estimate of drug-likeness (QED) is 0.250. The minimum atomic E-state index is -0.216. The van der Waals surface area contributed by atoms with Crippen LogP contribution in [0, 0.1) is 19.0 Å². The van der Waals surface area contributed by atoms with Gasteiger partial charge in [-0.05, 0) is 107 Å². The van der Waals surface area contributed by atoms with E-state index < -0.39 is 0 Å². The molecule has 0 amide bonds. The summed E-state index contributed by atoms with van der Waals surface area (Å²) in [6.07, 6.45) is 4.91. The van der Waals surface area contributed by atoms with Crippen LogP contribution >= 0.6 is 45.2 Å². The third kappa shape index (κ3) is 5.39. The van der Waals surface area contributed by atoms with Crippen molar-refractivity contribution in [2.24, 2.45) is 0 Å². The first-order valence-electron chi connectivity index (χ1n) is 11.3. The van der Waals surface area contributed by atoms with Crippen LogP contribution in [-0.2, 0) is 22.6 Å². The van der Waals surface area contributed by atoms with E-state index >= 15 is 0 Å². The van der Waals surface area contributed by atoms with E-state index in [0.717, 1.165) is 81.2 Å². The maximum atomic E-state index is 13.2. The summed E-state index contributed by atoms with van der Waals surface area (Å²) < 4.78 is 43.2. The molecule has 4 aromatic rings. The van der Waals surface area contributed by atoms with Crippen LogP contribution in [0.25, 0.3) is 21.8 Å². The fourth-order valence-corrected chi connectivity index (χ4v) is 5.84. The Morgan fingerprint density at radius 1 is 0.824 bits per heavy atom. The summed E-state index contributed by atoms with van der Waals surface area (Å²) >= 11 is 4.36. The summed E-state index contributed by atoms with van der Waals surface area (Å²) in [7, 11) is 0. The lowest BCUT2D eigenvalue weighted by Gasteiger charge is -2.09. The van der Waals surface area contributed by atoms with Crippen LogP contribution in [0.2, 0.25) is 0 Å². The van der Waals surface area contributed by atoms with Crippen LogP contribution in [0.15, 0.2) is 36.4 Å². The summed E-state index contributed by atoms with van der Waals surface area (Å²) in [6, 6.07) is 9.51. The lowest BCUT2D eigenvalue weighted by atomic mass is 10.2. The highest BCUT2D eigenvalue weighted by molar-refractivity contribution is 14.1. The molecule has 0 spiro atoms. The van der Waals surface area contributed by atoms with Gasteiger partial charge in [0.2, 0.25) is 0 Å². The topological polar surface area (TPSA) is 54.1 Å². The molecule has 6 rings (SSSR count). The normalized spacial score (nSPS) is 20.2. The minimum Gasteiger partial charge on any atom is -0.376 e. The average Bonchev–Trinajstić information content (AvgIpc) is 3.61. The number of halogens is 4. The van der Waals surface area contributed by atoms with Crippen LogP contribution < -0.4 is 0 Å². The molecule has 2 saturated heterocycles. The number of hydrogen-bond acceptors (Lipinski definition) is 4. The summed E-state index contributed by atoms with van der Waals surface area (Å²) in [5.41, 5.74) is 1.82. The van der Waals surface area contributed by atoms with E-state index in [-0.39, 0.29) is 23.8 Å². The number of aromatic nitrogens is 4. The third-order valence-electron chi connectivity index (χ3n) is 6.10. The molecular formula is C24H24F2I2N4O2. The van der Waals surface area contributed by atoms with Crippen molar-refractivity contribution in [3.8, 4) is 0 Å². The van der Waals surface area contributed by atoms with Crippen molar-refractivity contribution in [1.29, 1.82) is 0 Å². The second-order valence-electron chi connectivity index (χ2n) is 8.54. The van der Waals surface area contributed by atoms with Gasteiger partial charge in [0.05, 0.1) is 36.3 Å². The summed E-state index contributed by atoms with van der Waals surface area (Å²) in [4.78, 5) is 0. The Balaban J connectivity index is 0.000000142. The number of benzene rings is 2. The maximum Gasteiger partial charge on any atom is 0.131 e. The van der Waals surface area contributed by atoms with Crippen molar-refractivity contribution >= 4 is 67.0 Å². The molecule has 10 heteroatoms. The van der Waals surface area contributed by atoms with Crippen molar-refractivity contribution in [3.63, 3.8) is 0 Å². The number of fused-ring (bicyclic) bond motifs is 2. The Morgan fingerprint density at radius 2 is 1.44 bits per heavy atom. The van der Waals surface area contributed by atoms with Crippen LogP contribution in [-0.4, -0.2) is 45.0 Å². The SMILES string of the molecule is Fc1ccc2c(c1)c(I)nn2CC1CCCO1.Fc1ccc2nn(CC3CCCO3)c(I)c2c1. The van der Waals surface area contributed by atoms with Crippen LogP contribution in [0.4, 0.5) is 8.78 Å². The van der Waals surface area contributed by atoms with Gasteiger partial charge >= 0.3 is 0 Å². The molecular weight excluding hydrogens is 668 g/mol. The average molecular weight is 692 g/mol. The highest BCUT2D eigenvalue weighted by Crippen LogP contribution is 2.24. The smallest absolute Gasteiger partial charge is 0.131 e. The Bertz CT molecular complexity index is 1290. The number of hydrogen-bond donors (Lipinski definition) is 0. The van der Waals surface area contributed by atoms with Crippen molar-refractivity contribution in [2.45, 2.75) is 51.0 Å². The molecule has 0 N–H and O–H groups in total. The van der Waals surface area contributed by atoms with E-state index in [2.05, 4.69) is 55.4 Å². The zero-order chi connectivity index (χ0) is 23.7. The van der Waals surface area contributed by atoms with Gasteiger partial charge in [-0.25, -0.2) is 8.78 Å². The largest absolute Gasteiger partial charge is 0.376 e. The van der Waals surface area contributed by atoms with Gasteiger partial charge in [-0.3, -0.25) is 9.36 Å². The first-order chi connectivity index (χ1) is 16.5. The van der Waals surface area contributed by atoms with Crippen molar-refractivity contribution < 1.29 is 18.3 Å².